The Labute approximate surface area is 113 Å². The number of hydrogen-bond acceptors (Lipinski definition) is 4. The molecule has 102 valence electrons. The Hall–Kier alpha value is -1.97. The van der Waals surface area contributed by atoms with Crippen molar-refractivity contribution in [1.82, 2.24) is 5.16 Å². The van der Waals surface area contributed by atoms with Gasteiger partial charge in [0.15, 0.2) is 0 Å². The minimum absolute atomic E-state index is 0.347. The smallest absolute Gasteiger partial charge is 0.230 e. The number of aryl methyl sites for hydroxylation is 1. The zero-order chi connectivity index (χ0) is 14.0. The number of anilines is 1. The van der Waals surface area contributed by atoms with Gasteiger partial charge in [0.1, 0.15) is 5.75 Å². The number of nitrogens with zero attached hydrogens (tertiary/aromatic N) is 1. The van der Waals surface area contributed by atoms with Gasteiger partial charge in [0.25, 0.3) is 0 Å². The summed E-state index contributed by atoms with van der Waals surface area (Å²) in [5.74, 6) is 1.61. The van der Waals surface area contributed by atoms with E-state index in [-0.39, 0.29) is 0 Å². The molecule has 0 unspecified atom stereocenters. The van der Waals surface area contributed by atoms with Crippen LogP contribution in [0.5, 0.6) is 5.75 Å². The largest absolute Gasteiger partial charge is 0.496 e. The lowest BCUT2D eigenvalue weighted by atomic mass is 9.97. The molecular weight excluding hydrogens is 240 g/mol. The summed E-state index contributed by atoms with van der Waals surface area (Å²) in [4.78, 5) is 0. The summed E-state index contributed by atoms with van der Waals surface area (Å²) in [6.45, 7) is 6.32. The van der Waals surface area contributed by atoms with Gasteiger partial charge in [0, 0.05) is 5.56 Å². The molecular formula is C15H20N2O2. The quantitative estimate of drug-likeness (QED) is 0.914. The van der Waals surface area contributed by atoms with Crippen LogP contribution in [0.1, 0.15) is 25.1 Å². The van der Waals surface area contributed by atoms with Crippen molar-refractivity contribution in [2.45, 2.75) is 27.2 Å². The highest BCUT2D eigenvalue weighted by atomic mass is 16.5. The van der Waals surface area contributed by atoms with Gasteiger partial charge in [-0.3, -0.25) is 0 Å². The van der Waals surface area contributed by atoms with Gasteiger partial charge in [-0.1, -0.05) is 30.6 Å². The molecule has 1 aromatic carbocycles. The van der Waals surface area contributed by atoms with Crippen LogP contribution in [-0.2, 0) is 6.42 Å². The van der Waals surface area contributed by atoms with E-state index in [0.29, 0.717) is 11.8 Å². The third-order valence-corrected chi connectivity index (χ3v) is 3.02. The minimum Gasteiger partial charge on any atom is -0.496 e. The van der Waals surface area contributed by atoms with E-state index >= 15 is 0 Å². The SMILES string of the molecule is COc1ccc(C)cc1-c1c(CC(C)C)noc1N. The van der Waals surface area contributed by atoms with Crippen LogP contribution in [0.2, 0.25) is 0 Å². The van der Waals surface area contributed by atoms with Gasteiger partial charge in [-0.15, -0.1) is 0 Å². The fourth-order valence-electron chi connectivity index (χ4n) is 2.17. The van der Waals surface area contributed by atoms with E-state index < -0.39 is 0 Å². The number of hydrogen-bond donors (Lipinski definition) is 1. The standard InChI is InChI=1S/C15H20N2O2/c1-9(2)7-12-14(15(16)19-17-12)11-8-10(3)5-6-13(11)18-4/h5-6,8-9H,7,16H2,1-4H3. The molecule has 2 N–H and O–H groups in total. The number of ether oxygens (including phenoxy) is 1. The molecule has 0 aliphatic carbocycles. The first kappa shape index (κ1) is 13.5. The molecule has 1 heterocycles. The molecule has 0 aliphatic heterocycles. The molecule has 0 fully saturated rings. The van der Waals surface area contributed by atoms with E-state index in [2.05, 4.69) is 19.0 Å². The lowest BCUT2D eigenvalue weighted by Gasteiger charge is -2.10. The monoisotopic (exact) mass is 260 g/mol. The van der Waals surface area contributed by atoms with Crippen molar-refractivity contribution in [1.29, 1.82) is 0 Å². The number of benzene rings is 1. The van der Waals surface area contributed by atoms with Crippen LogP contribution < -0.4 is 10.5 Å². The van der Waals surface area contributed by atoms with Crippen molar-refractivity contribution in [3.63, 3.8) is 0 Å². The maximum absolute atomic E-state index is 5.94. The number of nitrogens with two attached hydrogens (primary N) is 1. The highest BCUT2D eigenvalue weighted by Gasteiger charge is 2.19. The summed E-state index contributed by atoms with van der Waals surface area (Å²) < 4.78 is 10.6. The zero-order valence-corrected chi connectivity index (χ0v) is 11.9. The second-order valence-electron chi connectivity index (χ2n) is 5.17. The average molecular weight is 260 g/mol. The van der Waals surface area contributed by atoms with Gasteiger partial charge in [-0.2, -0.15) is 0 Å². The van der Waals surface area contributed by atoms with Crippen molar-refractivity contribution in [3.05, 3.63) is 29.5 Å². The zero-order valence-electron chi connectivity index (χ0n) is 11.9. The van der Waals surface area contributed by atoms with Crippen LogP contribution in [0, 0.1) is 12.8 Å². The Bertz CT molecular complexity index is 574. The summed E-state index contributed by atoms with van der Waals surface area (Å²) in [6, 6.07) is 6.00. The average Bonchev–Trinajstić information content (AvgIpc) is 2.69. The van der Waals surface area contributed by atoms with E-state index in [1.165, 1.54) is 0 Å². The van der Waals surface area contributed by atoms with Crippen molar-refractivity contribution in [2.75, 3.05) is 12.8 Å². The first-order valence-corrected chi connectivity index (χ1v) is 6.42. The summed E-state index contributed by atoms with van der Waals surface area (Å²) in [7, 11) is 1.65. The van der Waals surface area contributed by atoms with E-state index in [4.69, 9.17) is 15.0 Å². The Morgan fingerprint density at radius 3 is 2.74 bits per heavy atom. The summed E-state index contributed by atoms with van der Waals surface area (Å²) in [5.41, 5.74) is 9.77. The second-order valence-corrected chi connectivity index (χ2v) is 5.17. The molecule has 0 bridgehead atoms. The Morgan fingerprint density at radius 2 is 2.11 bits per heavy atom. The molecule has 0 amide bonds. The van der Waals surface area contributed by atoms with E-state index in [1.807, 2.05) is 25.1 Å². The second kappa shape index (κ2) is 5.34. The van der Waals surface area contributed by atoms with Crippen molar-refractivity contribution >= 4 is 5.88 Å². The summed E-state index contributed by atoms with van der Waals surface area (Å²) >= 11 is 0. The van der Waals surface area contributed by atoms with Gasteiger partial charge < -0.3 is 15.0 Å². The minimum atomic E-state index is 0.347. The van der Waals surface area contributed by atoms with Crippen LogP contribution in [0.25, 0.3) is 11.1 Å². The van der Waals surface area contributed by atoms with E-state index in [9.17, 15) is 0 Å². The Kier molecular flexibility index (Phi) is 3.79. The molecule has 0 spiro atoms. The molecule has 2 rings (SSSR count). The lowest BCUT2D eigenvalue weighted by molar-refractivity contribution is 0.416. The third-order valence-electron chi connectivity index (χ3n) is 3.02. The molecule has 2 aromatic rings. The number of nitrogen functional groups attached to an aromatic ring is 1. The molecule has 0 radical (unpaired) electrons. The number of rotatable bonds is 4. The highest BCUT2D eigenvalue weighted by molar-refractivity contribution is 5.80. The molecule has 1 aromatic heterocycles. The van der Waals surface area contributed by atoms with Crippen molar-refractivity contribution in [2.24, 2.45) is 5.92 Å². The van der Waals surface area contributed by atoms with Gasteiger partial charge in [0.05, 0.1) is 18.4 Å². The van der Waals surface area contributed by atoms with Crippen LogP contribution in [0.3, 0.4) is 0 Å². The Balaban J connectivity index is 2.57. The van der Waals surface area contributed by atoms with E-state index in [1.54, 1.807) is 7.11 Å². The van der Waals surface area contributed by atoms with E-state index in [0.717, 1.165) is 34.6 Å². The third kappa shape index (κ3) is 2.72. The van der Waals surface area contributed by atoms with Crippen LogP contribution in [0.4, 0.5) is 5.88 Å². The van der Waals surface area contributed by atoms with Crippen LogP contribution in [-0.4, -0.2) is 12.3 Å². The molecule has 4 heteroatoms. The molecule has 0 atom stereocenters. The molecule has 4 nitrogen and oxygen atoms in total. The fraction of sp³-hybridized carbons (Fsp3) is 0.400. The normalized spacial score (nSPS) is 11.0. The maximum atomic E-state index is 5.94. The lowest BCUT2D eigenvalue weighted by Crippen LogP contribution is -1.98. The van der Waals surface area contributed by atoms with Gasteiger partial charge in [-0.25, -0.2) is 0 Å². The van der Waals surface area contributed by atoms with Crippen molar-refractivity contribution < 1.29 is 9.26 Å². The van der Waals surface area contributed by atoms with Crippen molar-refractivity contribution in [3.8, 4) is 16.9 Å². The fourth-order valence-corrected chi connectivity index (χ4v) is 2.17. The maximum Gasteiger partial charge on any atom is 0.230 e. The Morgan fingerprint density at radius 1 is 1.37 bits per heavy atom. The summed E-state index contributed by atoms with van der Waals surface area (Å²) in [6.07, 6.45) is 0.827. The molecule has 0 aliphatic rings. The first-order chi connectivity index (χ1) is 9.02. The van der Waals surface area contributed by atoms with Crippen LogP contribution >= 0.6 is 0 Å². The summed E-state index contributed by atoms with van der Waals surface area (Å²) in [5, 5.41) is 4.08. The molecule has 19 heavy (non-hydrogen) atoms. The predicted molar refractivity (Wildman–Crippen MR) is 76.2 cm³/mol. The molecule has 0 saturated heterocycles. The van der Waals surface area contributed by atoms with Gasteiger partial charge in [0.2, 0.25) is 5.88 Å². The number of methoxy groups -OCH3 is 1. The van der Waals surface area contributed by atoms with Gasteiger partial charge >= 0.3 is 0 Å². The molecule has 0 saturated carbocycles. The van der Waals surface area contributed by atoms with Gasteiger partial charge in [-0.05, 0) is 31.4 Å². The van der Waals surface area contributed by atoms with Crippen LogP contribution in [0.15, 0.2) is 22.7 Å². The first-order valence-electron chi connectivity index (χ1n) is 6.42. The highest BCUT2D eigenvalue weighted by Crippen LogP contribution is 2.37. The number of aromatic nitrogens is 1. The topological polar surface area (TPSA) is 61.3 Å². The predicted octanol–water partition coefficient (Wildman–Crippen LogP) is 3.44.